The van der Waals surface area contributed by atoms with Crippen molar-refractivity contribution < 1.29 is 9.59 Å². The van der Waals surface area contributed by atoms with Gasteiger partial charge in [-0.05, 0) is 119 Å². The van der Waals surface area contributed by atoms with E-state index in [4.69, 9.17) is 0 Å². The molecular weight excluding hydrogens is 520 g/mol. The van der Waals surface area contributed by atoms with Crippen LogP contribution in [0.4, 0.5) is 0 Å². The quantitative estimate of drug-likeness (QED) is 0.341. The normalized spacial score (nSPS) is 38.6. The first-order valence-corrected chi connectivity index (χ1v) is 17.5. The van der Waals surface area contributed by atoms with Gasteiger partial charge in [0, 0.05) is 65.2 Å². The average molecular weight is 583 g/mol. The van der Waals surface area contributed by atoms with Gasteiger partial charge < -0.3 is 19.6 Å². The Balaban J connectivity index is 1.23. The largest absolute Gasteiger partial charge is 0.340 e. The Kier molecular flexibility index (Phi) is 9.84. The van der Waals surface area contributed by atoms with Crippen LogP contribution in [0, 0.1) is 46.3 Å². The van der Waals surface area contributed by atoms with Gasteiger partial charge in [0.1, 0.15) is 0 Å². The predicted molar refractivity (Wildman–Crippen MR) is 172 cm³/mol. The molecule has 1 unspecified atom stereocenters. The third kappa shape index (κ3) is 6.23. The molecule has 0 radical (unpaired) electrons. The number of fused-ring (bicyclic) bond motifs is 3. The van der Waals surface area contributed by atoms with E-state index >= 15 is 0 Å². The molecule has 0 aromatic carbocycles. The molecule has 0 spiro atoms. The first kappa shape index (κ1) is 32.0. The van der Waals surface area contributed by atoms with Crippen molar-refractivity contribution in [3.05, 3.63) is 12.2 Å². The molecule has 3 aliphatic carbocycles. The minimum Gasteiger partial charge on any atom is -0.340 e. The van der Waals surface area contributed by atoms with Crippen LogP contribution >= 0.6 is 0 Å². The van der Waals surface area contributed by atoms with Gasteiger partial charge >= 0.3 is 0 Å². The molecule has 0 bridgehead atoms. The molecular formula is C36H62N4O2. The van der Waals surface area contributed by atoms with Crippen LogP contribution < -0.4 is 0 Å². The SMILES string of the molecule is C=C(C)C1CC[C@H]2[C@@H]3CC[C@H]([C@H](C)CCC(=O)N4CCN(C)CC4)[C@@]3(C)CC[C@@H]2[C@@]1(C)CCC(=O)N1CCN(C)CC1. The van der Waals surface area contributed by atoms with Crippen LogP contribution in [0.15, 0.2) is 12.2 Å². The van der Waals surface area contributed by atoms with Gasteiger partial charge in [0.2, 0.25) is 11.8 Å². The van der Waals surface area contributed by atoms with E-state index in [0.29, 0.717) is 47.8 Å². The Morgan fingerprint density at radius 3 is 1.93 bits per heavy atom. The summed E-state index contributed by atoms with van der Waals surface area (Å²) in [6, 6.07) is 0. The standard InChI is InChI=1S/C36H62N4O2/c1-26(2)29-10-9-28-31-12-11-30(27(3)8-13-33(41)39-22-18-37(6)19-23-39)36(31,5)16-14-32(28)35(29,4)17-15-34(42)40-24-20-38(7)21-25-40/h27-32H,1,8-25H2,2-7H3/t27-,28+,29?,30-,31+,32+,35+,36-/m1/s1. The zero-order valence-corrected chi connectivity index (χ0v) is 28.0. The van der Waals surface area contributed by atoms with Crippen LogP contribution in [0.2, 0.25) is 0 Å². The summed E-state index contributed by atoms with van der Waals surface area (Å²) in [7, 11) is 4.30. The minimum absolute atomic E-state index is 0.164. The molecule has 3 saturated carbocycles. The van der Waals surface area contributed by atoms with Crippen molar-refractivity contribution in [1.29, 1.82) is 0 Å². The van der Waals surface area contributed by atoms with Crippen LogP contribution in [-0.2, 0) is 9.59 Å². The van der Waals surface area contributed by atoms with Crippen molar-refractivity contribution >= 4 is 11.8 Å². The lowest BCUT2D eigenvalue weighted by molar-refractivity contribution is -0.136. The molecule has 6 nitrogen and oxygen atoms in total. The highest BCUT2D eigenvalue weighted by molar-refractivity contribution is 5.76. The highest BCUT2D eigenvalue weighted by atomic mass is 16.2. The smallest absolute Gasteiger partial charge is 0.222 e. The minimum atomic E-state index is 0.164. The Morgan fingerprint density at radius 1 is 0.786 bits per heavy atom. The van der Waals surface area contributed by atoms with Gasteiger partial charge in [0.15, 0.2) is 0 Å². The number of hydrogen-bond acceptors (Lipinski definition) is 4. The van der Waals surface area contributed by atoms with E-state index in [0.717, 1.165) is 83.0 Å². The van der Waals surface area contributed by atoms with E-state index in [1.165, 1.54) is 44.1 Å². The molecule has 42 heavy (non-hydrogen) atoms. The molecule has 8 atom stereocenters. The highest BCUT2D eigenvalue weighted by Crippen LogP contribution is 2.68. The molecule has 5 aliphatic rings. The van der Waals surface area contributed by atoms with Gasteiger partial charge in [-0.1, -0.05) is 32.9 Å². The molecule has 2 saturated heterocycles. The predicted octanol–water partition coefficient (Wildman–Crippen LogP) is 5.78. The maximum absolute atomic E-state index is 13.4. The maximum atomic E-state index is 13.4. The zero-order chi connectivity index (χ0) is 30.2. The number of carbonyl (C=O) groups excluding carboxylic acids is 2. The lowest BCUT2D eigenvalue weighted by atomic mass is 9.45. The molecule has 2 amide bonds. The van der Waals surface area contributed by atoms with Crippen molar-refractivity contribution in [3.63, 3.8) is 0 Å². The summed E-state index contributed by atoms with van der Waals surface area (Å²) in [5, 5.41) is 0. The number of allylic oxidation sites excluding steroid dienone is 1. The number of hydrogen-bond donors (Lipinski definition) is 0. The number of likely N-dealkylation sites (N-methyl/N-ethyl adjacent to an activating group) is 2. The topological polar surface area (TPSA) is 47.1 Å². The summed E-state index contributed by atoms with van der Waals surface area (Å²) in [6.07, 6.45) is 11.3. The van der Waals surface area contributed by atoms with Crippen LogP contribution in [0.5, 0.6) is 0 Å². The summed E-state index contributed by atoms with van der Waals surface area (Å²) in [5.41, 5.74) is 1.89. The van der Waals surface area contributed by atoms with Gasteiger partial charge in [-0.25, -0.2) is 0 Å². The summed E-state index contributed by atoms with van der Waals surface area (Å²) in [4.78, 5) is 35.3. The second-order valence-corrected chi connectivity index (χ2v) is 16.0. The lowest BCUT2D eigenvalue weighted by Crippen LogP contribution is -2.53. The molecule has 5 fully saturated rings. The number of nitrogens with zero attached hydrogens (tertiary/aromatic N) is 4. The van der Waals surface area contributed by atoms with Crippen LogP contribution in [0.3, 0.4) is 0 Å². The van der Waals surface area contributed by atoms with E-state index in [9.17, 15) is 9.59 Å². The Labute approximate surface area is 257 Å². The van der Waals surface area contributed by atoms with Gasteiger partial charge in [-0.2, -0.15) is 0 Å². The van der Waals surface area contributed by atoms with E-state index in [1.54, 1.807) is 0 Å². The Hall–Kier alpha value is -1.40. The first-order chi connectivity index (χ1) is 19.9. The number of piperazine rings is 2. The van der Waals surface area contributed by atoms with Crippen molar-refractivity contribution in [2.24, 2.45) is 46.3 Å². The van der Waals surface area contributed by atoms with Crippen molar-refractivity contribution in [1.82, 2.24) is 19.6 Å². The van der Waals surface area contributed by atoms with Crippen molar-refractivity contribution in [2.45, 2.75) is 91.9 Å². The third-order valence-electron chi connectivity index (χ3n) is 13.6. The van der Waals surface area contributed by atoms with Gasteiger partial charge in [0.05, 0.1) is 0 Å². The fourth-order valence-electron chi connectivity index (χ4n) is 11.0. The van der Waals surface area contributed by atoms with Gasteiger partial charge in [-0.15, -0.1) is 0 Å². The van der Waals surface area contributed by atoms with Crippen LogP contribution in [0.1, 0.15) is 91.9 Å². The Morgan fingerprint density at radius 2 is 1.36 bits per heavy atom. The molecule has 2 aliphatic heterocycles. The first-order valence-electron chi connectivity index (χ1n) is 17.5. The van der Waals surface area contributed by atoms with E-state index < -0.39 is 0 Å². The average Bonchev–Trinajstić information content (AvgIpc) is 3.32. The molecule has 0 aromatic rings. The van der Waals surface area contributed by atoms with Crippen molar-refractivity contribution in [3.8, 4) is 0 Å². The van der Waals surface area contributed by atoms with Crippen LogP contribution in [0.25, 0.3) is 0 Å². The second kappa shape index (κ2) is 12.9. The lowest BCUT2D eigenvalue weighted by Gasteiger charge is -2.60. The van der Waals surface area contributed by atoms with E-state index in [-0.39, 0.29) is 5.41 Å². The maximum Gasteiger partial charge on any atom is 0.222 e. The number of carbonyl (C=O) groups is 2. The molecule has 0 N–H and O–H groups in total. The van der Waals surface area contributed by atoms with Crippen LogP contribution in [-0.4, -0.2) is 97.9 Å². The summed E-state index contributed by atoms with van der Waals surface area (Å²) in [5.74, 6) is 4.86. The fraction of sp³-hybridized carbons (Fsp3) is 0.889. The van der Waals surface area contributed by atoms with E-state index in [2.05, 4.69) is 68.0 Å². The summed E-state index contributed by atoms with van der Waals surface area (Å²) in [6.45, 7) is 21.9. The fourth-order valence-corrected chi connectivity index (χ4v) is 11.0. The van der Waals surface area contributed by atoms with Crippen molar-refractivity contribution in [2.75, 3.05) is 66.5 Å². The molecule has 238 valence electrons. The summed E-state index contributed by atoms with van der Waals surface area (Å²) >= 11 is 0. The van der Waals surface area contributed by atoms with Gasteiger partial charge in [-0.3, -0.25) is 9.59 Å². The molecule has 5 rings (SSSR count). The van der Waals surface area contributed by atoms with Gasteiger partial charge in [0.25, 0.3) is 0 Å². The molecule has 2 heterocycles. The highest BCUT2D eigenvalue weighted by Gasteiger charge is 2.60. The zero-order valence-electron chi connectivity index (χ0n) is 28.0. The molecule has 6 heteroatoms. The number of amides is 2. The number of rotatable bonds is 8. The molecule has 0 aromatic heterocycles. The Bertz CT molecular complexity index is 983. The summed E-state index contributed by atoms with van der Waals surface area (Å²) < 4.78 is 0. The van der Waals surface area contributed by atoms with E-state index in [1.807, 2.05) is 0 Å². The monoisotopic (exact) mass is 582 g/mol. The third-order valence-corrected chi connectivity index (χ3v) is 13.6. The second-order valence-electron chi connectivity index (χ2n) is 16.0.